The number of nitrogens with zero attached hydrogens (tertiary/aromatic N) is 2. The number of likely N-dealkylation sites (N-methyl/N-ethyl adjacent to an activating group) is 1. The number of aryl methyl sites for hydroxylation is 1. The van der Waals surface area contributed by atoms with Gasteiger partial charge in [-0.3, -0.25) is 19.8 Å². The minimum absolute atomic E-state index is 0.000474. The smallest absolute Gasteiger partial charge is 0.269 e. The zero-order chi connectivity index (χ0) is 16.8. The molecule has 0 unspecified atom stereocenters. The highest BCUT2D eigenvalue weighted by Gasteiger charge is 2.09. The summed E-state index contributed by atoms with van der Waals surface area (Å²) in [5.41, 5.74) is 2.89. The number of rotatable bonds is 6. The first-order chi connectivity index (χ1) is 10.9. The Hall–Kier alpha value is -2.73. The largest absolute Gasteiger partial charge is 0.325 e. The average molecular weight is 313 g/mol. The first kappa shape index (κ1) is 16.6. The summed E-state index contributed by atoms with van der Waals surface area (Å²) < 4.78 is 0. The second-order valence-electron chi connectivity index (χ2n) is 5.51. The Bertz CT molecular complexity index is 681. The summed E-state index contributed by atoms with van der Waals surface area (Å²) in [7, 11) is 1.87. The Morgan fingerprint density at radius 3 is 2.30 bits per heavy atom. The van der Waals surface area contributed by atoms with E-state index in [9.17, 15) is 14.9 Å². The van der Waals surface area contributed by atoms with Crippen molar-refractivity contribution in [3.63, 3.8) is 0 Å². The molecule has 6 nitrogen and oxygen atoms in total. The number of nitro benzene ring substituents is 1. The molecule has 2 rings (SSSR count). The second kappa shape index (κ2) is 7.51. The fourth-order valence-electron chi connectivity index (χ4n) is 2.17. The highest BCUT2D eigenvalue weighted by molar-refractivity contribution is 5.92. The Labute approximate surface area is 134 Å². The fourth-order valence-corrected chi connectivity index (χ4v) is 2.17. The highest BCUT2D eigenvalue weighted by atomic mass is 16.6. The first-order valence-corrected chi connectivity index (χ1v) is 7.22. The van der Waals surface area contributed by atoms with Crippen LogP contribution >= 0.6 is 0 Å². The van der Waals surface area contributed by atoms with E-state index in [2.05, 4.69) is 5.32 Å². The first-order valence-electron chi connectivity index (χ1n) is 7.22. The van der Waals surface area contributed by atoms with Crippen molar-refractivity contribution >= 4 is 17.3 Å². The summed E-state index contributed by atoms with van der Waals surface area (Å²) in [5, 5.41) is 13.3. The molecule has 0 aromatic heterocycles. The van der Waals surface area contributed by atoms with Crippen LogP contribution < -0.4 is 5.32 Å². The zero-order valence-electron chi connectivity index (χ0n) is 13.2. The van der Waals surface area contributed by atoms with Crippen LogP contribution in [0.3, 0.4) is 0 Å². The molecule has 1 N–H and O–H groups in total. The summed E-state index contributed by atoms with van der Waals surface area (Å²) in [6, 6.07) is 13.9. The molecule has 1 amide bonds. The molecule has 0 spiro atoms. The lowest BCUT2D eigenvalue weighted by molar-refractivity contribution is -0.384. The molecule has 0 aliphatic heterocycles. The Kier molecular flexibility index (Phi) is 5.43. The molecule has 0 heterocycles. The van der Waals surface area contributed by atoms with E-state index < -0.39 is 4.92 Å². The number of carbonyl (C=O) groups is 1. The number of benzene rings is 2. The highest BCUT2D eigenvalue weighted by Crippen LogP contribution is 2.15. The third-order valence-electron chi connectivity index (χ3n) is 3.35. The molecular weight excluding hydrogens is 294 g/mol. The topological polar surface area (TPSA) is 75.5 Å². The average Bonchev–Trinajstić information content (AvgIpc) is 2.50. The molecule has 0 atom stereocenters. The molecule has 0 aliphatic rings. The number of hydrogen-bond donors (Lipinski definition) is 1. The van der Waals surface area contributed by atoms with E-state index in [4.69, 9.17) is 0 Å². The predicted molar refractivity (Wildman–Crippen MR) is 89.2 cm³/mol. The van der Waals surface area contributed by atoms with Crippen LogP contribution in [-0.4, -0.2) is 29.3 Å². The van der Waals surface area contributed by atoms with Gasteiger partial charge in [0.1, 0.15) is 0 Å². The lowest BCUT2D eigenvalue weighted by Crippen LogP contribution is -2.29. The van der Waals surface area contributed by atoms with Gasteiger partial charge in [-0.25, -0.2) is 0 Å². The molecule has 0 fully saturated rings. The minimum atomic E-state index is -0.471. The van der Waals surface area contributed by atoms with Crippen LogP contribution in [0.15, 0.2) is 48.5 Å². The van der Waals surface area contributed by atoms with Crippen LogP contribution in [0.2, 0.25) is 0 Å². The number of carbonyl (C=O) groups excluding carboxylic acids is 1. The van der Waals surface area contributed by atoms with Crippen molar-refractivity contribution in [2.24, 2.45) is 0 Å². The monoisotopic (exact) mass is 313 g/mol. The van der Waals surface area contributed by atoms with Crippen LogP contribution in [0.5, 0.6) is 0 Å². The van der Waals surface area contributed by atoms with Gasteiger partial charge in [-0.15, -0.1) is 0 Å². The van der Waals surface area contributed by atoms with E-state index in [1.807, 2.05) is 43.1 Å². The van der Waals surface area contributed by atoms with Crippen LogP contribution in [0.4, 0.5) is 11.4 Å². The summed E-state index contributed by atoms with van der Waals surface area (Å²) >= 11 is 0. The van der Waals surface area contributed by atoms with Crippen molar-refractivity contribution in [3.05, 3.63) is 69.8 Å². The molecule has 2 aromatic rings. The van der Waals surface area contributed by atoms with Crippen molar-refractivity contribution in [1.29, 1.82) is 0 Å². The lowest BCUT2D eigenvalue weighted by atomic mass is 10.1. The van der Waals surface area contributed by atoms with Gasteiger partial charge in [0.2, 0.25) is 5.91 Å². The van der Waals surface area contributed by atoms with Crippen molar-refractivity contribution < 1.29 is 9.72 Å². The Morgan fingerprint density at radius 2 is 1.74 bits per heavy atom. The van der Waals surface area contributed by atoms with Crippen LogP contribution in [-0.2, 0) is 11.3 Å². The molecule has 0 aliphatic carbocycles. The molecule has 0 radical (unpaired) electrons. The molecule has 2 aromatic carbocycles. The van der Waals surface area contributed by atoms with Gasteiger partial charge in [0.15, 0.2) is 0 Å². The second-order valence-corrected chi connectivity index (χ2v) is 5.51. The van der Waals surface area contributed by atoms with E-state index >= 15 is 0 Å². The predicted octanol–water partition coefficient (Wildman–Crippen LogP) is 2.97. The van der Waals surface area contributed by atoms with E-state index in [0.717, 1.165) is 5.56 Å². The van der Waals surface area contributed by atoms with Crippen molar-refractivity contribution in [2.75, 3.05) is 18.9 Å². The number of nitro groups is 1. The maximum atomic E-state index is 12.0. The Balaban J connectivity index is 1.86. The van der Waals surface area contributed by atoms with Gasteiger partial charge in [-0.2, -0.15) is 0 Å². The zero-order valence-corrected chi connectivity index (χ0v) is 13.2. The van der Waals surface area contributed by atoms with Gasteiger partial charge in [0, 0.05) is 24.4 Å². The van der Waals surface area contributed by atoms with Gasteiger partial charge in [0.25, 0.3) is 5.69 Å². The molecular formula is C17H19N3O3. The van der Waals surface area contributed by atoms with Gasteiger partial charge in [-0.05, 0) is 31.7 Å². The molecule has 120 valence electrons. The molecule has 23 heavy (non-hydrogen) atoms. The molecule has 6 heteroatoms. The normalized spacial score (nSPS) is 10.6. The van der Waals surface area contributed by atoms with E-state index in [0.29, 0.717) is 12.2 Å². The third kappa shape index (κ3) is 5.19. The number of non-ortho nitro benzene ring substituents is 1. The maximum absolute atomic E-state index is 12.0. The summed E-state index contributed by atoms with van der Waals surface area (Å²) in [6.07, 6.45) is 0. The maximum Gasteiger partial charge on any atom is 0.269 e. The number of hydrogen-bond acceptors (Lipinski definition) is 4. The van der Waals surface area contributed by atoms with Gasteiger partial charge in [-0.1, -0.05) is 29.8 Å². The third-order valence-corrected chi connectivity index (χ3v) is 3.35. The van der Waals surface area contributed by atoms with Gasteiger partial charge < -0.3 is 5.32 Å². The molecule has 0 saturated heterocycles. The number of amides is 1. The standard InChI is InChI=1S/C17H19N3O3/c1-13-3-5-14(6-4-13)11-19(2)12-17(21)18-15-7-9-16(10-8-15)20(22)23/h3-10H,11-12H2,1-2H3,(H,18,21). The van der Waals surface area contributed by atoms with Gasteiger partial charge in [0.05, 0.1) is 11.5 Å². The van der Waals surface area contributed by atoms with Crippen LogP contribution in [0.25, 0.3) is 0 Å². The van der Waals surface area contributed by atoms with E-state index in [-0.39, 0.29) is 18.1 Å². The van der Waals surface area contributed by atoms with Crippen molar-refractivity contribution in [3.8, 4) is 0 Å². The molecule has 0 bridgehead atoms. The Morgan fingerprint density at radius 1 is 1.13 bits per heavy atom. The SMILES string of the molecule is Cc1ccc(CN(C)CC(=O)Nc2ccc([N+](=O)[O-])cc2)cc1. The van der Waals surface area contributed by atoms with Crippen molar-refractivity contribution in [2.45, 2.75) is 13.5 Å². The number of anilines is 1. The lowest BCUT2D eigenvalue weighted by Gasteiger charge is -2.16. The van der Waals surface area contributed by atoms with E-state index in [1.165, 1.54) is 29.8 Å². The minimum Gasteiger partial charge on any atom is -0.325 e. The summed E-state index contributed by atoms with van der Waals surface area (Å²) in [6.45, 7) is 2.95. The fraction of sp³-hybridized carbons (Fsp3) is 0.235. The quantitative estimate of drug-likeness (QED) is 0.657. The molecule has 0 saturated carbocycles. The van der Waals surface area contributed by atoms with Gasteiger partial charge >= 0.3 is 0 Å². The summed E-state index contributed by atoms with van der Waals surface area (Å²) in [4.78, 5) is 24.0. The summed E-state index contributed by atoms with van der Waals surface area (Å²) in [5.74, 6) is -0.159. The van der Waals surface area contributed by atoms with E-state index in [1.54, 1.807) is 0 Å². The van der Waals surface area contributed by atoms with Crippen LogP contribution in [0.1, 0.15) is 11.1 Å². The van der Waals surface area contributed by atoms with Crippen LogP contribution in [0, 0.1) is 17.0 Å². The van der Waals surface area contributed by atoms with Crippen molar-refractivity contribution in [1.82, 2.24) is 4.90 Å². The number of nitrogens with one attached hydrogen (secondary N) is 1.